The van der Waals surface area contributed by atoms with Crippen molar-refractivity contribution in [3.05, 3.63) is 22.4 Å². The maximum atomic E-state index is 13.2. The van der Waals surface area contributed by atoms with Crippen LogP contribution in [0.3, 0.4) is 0 Å². The Bertz CT molecular complexity index is 656. The van der Waals surface area contributed by atoms with E-state index in [1.807, 2.05) is 0 Å². The molecule has 0 spiro atoms. The van der Waals surface area contributed by atoms with Crippen LogP contribution >= 0.6 is 15.9 Å². The van der Waals surface area contributed by atoms with Crippen molar-refractivity contribution < 1.29 is 26.0 Å². The zero-order chi connectivity index (χ0) is 15.3. The smallest absolute Gasteiger partial charge is 0.398 e. The van der Waals surface area contributed by atoms with Crippen LogP contribution in [-0.2, 0) is 10.0 Å². The molecule has 1 aromatic rings. The Balaban J connectivity index is 2.40. The zero-order valence-corrected chi connectivity index (χ0v) is 12.2. The number of anilines is 1. The third kappa shape index (κ3) is 2.63. The van der Waals surface area contributed by atoms with Gasteiger partial charge in [-0.05, 0) is 40.9 Å². The van der Waals surface area contributed by atoms with Crippen LogP contribution in [-0.4, -0.2) is 20.1 Å². The van der Waals surface area contributed by atoms with Crippen molar-refractivity contribution in [2.75, 3.05) is 5.73 Å². The van der Waals surface area contributed by atoms with Crippen LogP contribution in [0.25, 0.3) is 0 Å². The summed E-state index contributed by atoms with van der Waals surface area (Å²) in [6, 6.07) is 1.56. The van der Waals surface area contributed by atoms with Crippen molar-refractivity contribution in [3.63, 3.8) is 0 Å². The lowest BCUT2D eigenvalue weighted by Gasteiger charge is -2.21. The third-order valence-corrected chi connectivity index (χ3v) is 5.16. The molecule has 1 saturated carbocycles. The number of nitrogens with two attached hydrogens (primary N) is 1. The van der Waals surface area contributed by atoms with E-state index in [0.29, 0.717) is 0 Å². The van der Waals surface area contributed by atoms with Gasteiger partial charge >= 0.3 is 6.18 Å². The number of hydrogen-bond acceptors (Lipinski definition) is 3. The first-order valence-electron chi connectivity index (χ1n) is 5.34. The van der Waals surface area contributed by atoms with Crippen LogP contribution in [0.2, 0.25) is 0 Å². The molecule has 1 aliphatic rings. The van der Waals surface area contributed by atoms with Crippen LogP contribution < -0.4 is 10.5 Å². The van der Waals surface area contributed by atoms with Crippen LogP contribution in [0.4, 0.5) is 23.2 Å². The predicted octanol–water partition coefficient (Wildman–Crippen LogP) is 2.54. The lowest BCUT2D eigenvalue weighted by atomic mass is 10.3. The summed E-state index contributed by atoms with van der Waals surface area (Å²) in [5.74, 6) is -0.807. The summed E-state index contributed by atoms with van der Waals surface area (Å²) < 4.78 is 76.8. The van der Waals surface area contributed by atoms with Gasteiger partial charge in [0.15, 0.2) is 0 Å². The Morgan fingerprint density at radius 3 is 2.30 bits per heavy atom. The highest BCUT2D eigenvalue weighted by molar-refractivity contribution is 9.10. The largest absolute Gasteiger partial charge is 0.407 e. The summed E-state index contributed by atoms with van der Waals surface area (Å²) in [6.45, 7) is 0. The lowest BCUT2D eigenvalue weighted by molar-refractivity contribution is -0.160. The first kappa shape index (κ1) is 15.5. The van der Waals surface area contributed by atoms with Gasteiger partial charge in [-0.15, -0.1) is 0 Å². The molecular weight excluding hydrogens is 368 g/mol. The molecule has 112 valence electrons. The Kier molecular flexibility index (Phi) is 3.54. The summed E-state index contributed by atoms with van der Waals surface area (Å²) in [6.07, 6.45) is -5.36. The molecule has 3 N–H and O–H groups in total. The van der Waals surface area contributed by atoms with Crippen LogP contribution in [0.1, 0.15) is 12.8 Å². The maximum Gasteiger partial charge on any atom is 0.407 e. The molecule has 2 rings (SSSR count). The molecule has 1 fully saturated rings. The van der Waals surface area contributed by atoms with E-state index in [9.17, 15) is 26.0 Å². The summed E-state index contributed by atoms with van der Waals surface area (Å²) in [5, 5.41) is 0. The molecule has 0 aliphatic heterocycles. The summed E-state index contributed by atoms with van der Waals surface area (Å²) in [5.41, 5.74) is 2.46. The van der Waals surface area contributed by atoms with E-state index >= 15 is 0 Å². The molecule has 20 heavy (non-hydrogen) atoms. The minimum absolute atomic E-state index is 0.205. The second-order valence-corrected chi connectivity index (χ2v) is 6.99. The summed E-state index contributed by atoms with van der Waals surface area (Å²) >= 11 is 2.76. The van der Waals surface area contributed by atoms with Gasteiger partial charge in [0.1, 0.15) is 16.3 Å². The standard InChI is InChI=1S/C10H9BrF4N2O2S/c11-5-3-8(7(16)4-6(5)12)20(18,19)17-9(1-2-9)10(13,14)15/h3-4,17H,1-2,16H2. The first-order chi connectivity index (χ1) is 8.98. The Labute approximate surface area is 120 Å². The van der Waals surface area contributed by atoms with E-state index < -0.39 is 38.1 Å². The van der Waals surface area contributed by atoms with Crippen LogP contribution in [0, 0.1) is 5.82 Å². The van der Waals surface area contributed by atoms with Crippen molar-refractivity contribution in [3.8, 4) is 0 Å². The van der Waals surface area contributed by atoms with Gasteiger partial charge in [0.25, 0.3) is 0 Å². The molecule has 0 aromatic heterocycles. The molecule has 4 nitrogen and oxygen atoms in total. The first-order valence-corrected chi connectivity index (χ1v) is 7.61. The fourth-order valence-corrected chi connectivity index (χ4v) is 3.74. The van der Waals surface area contributed by atoms with Gasteiger partial charge in [-0.1, -0.05) is 0 Å². The molecule has 0 atom stereocenters. The van der Waals surface area contributed by atoms with Gasteiger partial charge in [-0.25, -0.2) is 12.8 Å². The highest BCUT2D eigenvalue weighted by Crippen LogP contribution is 2.50. The van der Waals surface area contributed by atoms with Crippen molar-refractivity contribution in [2.45, 2.75) is 29.5 Å². The van der Waals surface area contributed by atoms with Crippen molar-refractivity contribution >= 4 is 31.6 Å². The zero-order valence-electron chi connectivity index (χ0n) is 9.76. The number of benzene rings is 1. The minimum atomic E-state index is -4.69. The van der Waals surface area contributed by atoms with Gasteiger partial charge in [0.05, 0.1) is 10.2 Å². The number of halogens is 5. The van der Waals surface area contributed by atoms with Gasteiger partial charge < -0.3 is 5.73 Å². The van der Waals surface area contributed by atoms with Crippen LogP contribution in [0.15, 0.2) is 21.5 Å². The topological polar surface area (TPSA) is 72.2 Å². The number of nitrogen functional groups attached to an aromatic ring is 1. The van der Waals surface area contributed by atoms with E-state index in [4.69, 9.17) is 5.73 Å². The summed E-state index contributed by atoms with van der Waals surface area (Å²) in [4.78, 5) is -0.596. The van der Waals surface area contributed by atoms with Crippen molar-refractivity contribution in [2.24, 2.45) is 0 Å². The fraction of sp³-hybridized carbons (Fsp3) is 0.400. The molecule has 0 heterocycles. The number of rotatable bonds is 3. The third-order valence-electron chi connectivity index (χ3n) is 2.96. The molecule has 0 bridgehead atoms. The van der Waals surface area contributed by atoms with Gasteiger partial charge in [-0.2, -0.15) is 17.9 Å². The molecule has 0 unspecified atom stereocenters. The number of alkyl halides is 3. The average Bonchev–Trinajstić information content (AvgIpc) is 3.02. The molecule has 0 radical (unpaired) electrons. The lowest BCUT2D eigenvalue weighted by Crippen LogP contribution is -2.47. The average molecular weight is 377 g/mol. The van der Waals surface area contributed by atoms with E-state index in [0.717, 1.165) is 12.1 Å². The Hall–Kier alpha value is -0.870. The molecule has 0 amide bonds. The number of hydrogen-bond donors (Lipinski definition) is 2. The Morgan fingerprint density at radius 1 is 1.30 bits per heavy atom. The van der Waals surface area contributed by atoms with Crippen molar-refractivity contribution in [1.29, 1.82) is 0 Å². The monoisotopic (exact) mass is 376 g/mol. The maximum absolute atomic E-state index is 13.2. The molecule has 0 saturated heterocycles. The minimum Gasteiger partial charge on any atom is -0.398 e. The fourth-order valence-electron chi connectivity index (χ4n) is 1.66. The number of sulfonamides is 1. The van der Waals surface area contributed by atoms with Gasteiger partial charge in [0.2, 0.25) is 10.0 Å². The van der Waals surface area contributed by atoms with E-state index in [1.165, 1.54) is 0 Å². The van der Waals surface area contributed by atoms with Gasteiger partial charge in [0, 0.05) is 0 Å². The normalized spacial score (nSPS) is 18.1. The van der Waals surface area contributed by atoms with Crippen LogP contribution in [0.5, 0.6) is 0 Å². The highest BCUT2D eigenvalue weighted by Gasteiger charge is 2.65. The van der Waals surface area contributed by atoms with E-state index in [1.54, 1.807) is 4.72 Å². The second-order valence-electron chi connectivity index (χ2n) is 4.49. The predicted molar refractivity (Wildman–Crippen MR) is 66.9 cm³/mol. The molecule has 1 aliphatic carbocycles. The molecular formula is C10H9BrF4N2O2S. The SMILES string of the molecule is Nc1cc(F)c(Br)cc1S(=O)(=O)NC1(C(F)(F)F)CC1. The van der Waals surface area contributed by atoms with E-state index in [2.05, 4.69) is 15.9 Å². The summed E-state index contributed by atoms with van der Waals surface area (Å²) in [7, 11) is -4.50. The molecule has 10 heteroatoms. The number of nitrogens with one attached hydrogen (secondary N) is 1. The molecule has 1 aromatic carbocycles. The van der Waals surface area contributed by atoms with E-state index in [-0.39, 0.29) is 17.3 Å². The Morgan fingerprint density at radius 2 is 1.85 bits per heavy atom. The second kappa shape index (κ2) is 4.57. The van der Waals surface area contributed by atoms with Crippen molar-refractivity contribution in [1.82, 2.24) is 4.72 Å². The highest BCUT2D eigenvalue weighted by atomic mass is 79.9. The quantitative estimate of drug-likeness (QED) is 0.628. The van der Waals surface area contributed by atoms with Gasteiger partial charge in [-0.3, -0.25) is 0 Å².